The average Bonchev–Trinajstić information content (AvgIpc) is 3.70. The predicted molar refractivity (Wildman–Crippen MR) is 154 cm³/mol. The lowest BCUT2D eigenvalue weighted by atomic mass is 9.84. The molecular formula is C31H23N5OS. The highest BCUT2D eigenvalue weighted by Crippen LogP contribution is 2.40. The lowest BCUT2D eigenvalue weighted by molar-refractivity contribution is 0.478. The van der Waals surface area contributed by atoms with E-state index < -0.39 is 0 Å². The van der Waals surface area contributed by atoms with Gasteiger partial charge in [-0.3, -0.25) is 0 Å². The van der Waals surface area contributed by atoms with E-state index in [9.17, 15) is 5.11 Å². The SMILES string of the molecule is Oc1ccccc1Nc1nnc(-c2ccc(C(c3c[nH]c4ccccc34)c3c[nH]c4ccccc34)cc2)s1. The Kier molecular flexibility index (Phi) is 5.41. The van der Waals surface area contributed by atoms with E-state index in [2.05, 4.69) is 111 Å². The Labute approximate surface area is 222 Å². The summed E-state index contributed by atoms with van der Waals surface area (Å²) in [7, 11) is 0. The number of aromatic amines is 2. The van der Waals surface area contributed by atoms with Crippen LogP contribution in [0.25, 0.3) is 32.4 Å². The minimum atomic E-state index is 0.0454. The number of H-pyrrole nitrogens is 2. The topological polar surface area (TPSA) is 89.6 Å². The van der Waals surface area contributed by atoms with Gasteiger partial charge in [-0.15, -0.1) is 10.2 Å². The van der Waals surface area contributed by atoms with E-state index in [1.54, 1.807) is 18.2 Å². The number of nitrogens with zero attached hydrogens (tertiary/aromatic N) is 2. The van der Waals surface area contributed by atoms with Crippen molar-refractivity contribution in [1.29, 1.82) is 0 Å². The van der Waals surface area contributed by atoms with Crippen molar-refractivity contribution in [3.05, 3.63) is 126 Å². The third kappa shape index (κ3) is 3.90. The minimum Gasteiger partial charge on any atom is -0.506 e. The molecule has 7 aromatic rings. The van der Waals surface area contributed by atoms with Gasteiger partial charge in [0.05, 0.1) is 5.69 Å². The molecule has 0 unspecified atom stereocenters. The van der Waals surface area contributed by atoms with Gasteiger partial charge in [0.25, 0.3) is 0 Å². The Balaban J connectivity index is 1.27. The van der Waals surface area contributed by atoms with Crippen LogP contribution in [-0.4, -0.2) is 25.3 Å². The van der Waals surface area contributed by atoms with Gasteiger partial charge in [-0.2, -0.15) is 0 Å². The average molecular weight is 514 g/mol. The van der Waals surface area contributed by atoms with Crippen molar-refractivity contribution < 1.29 is 5.11 Å². The zero-order valence-corrected chi connectivity index (χ0v) is 21.0. The molecule has 7 heteroatoms. The van der Waals surface area contributed by atoms with Crippen LogP contribution in [0.15, 0.2) is 109 Å². The Morgan fingerprint density at radius 2 is 1.29 bits per heavy atom. The molecule has 0 saturated heterocycles. The van der Waals surface area contributed by atoms with Crippen LogP contribution in [0.5, 0.6) is 5.75 Å². The lowest BCUT2D eigenvalue weighted by Gasteiger charge is -2.18. The van der Waals surface area contributed by atoms with Crippen LogP contribution in [0.4, 0.5) is 10.8 Å². The lowest BCUT2D eigenvalue weighted by Crippen LogP contribution is -2.02. The number of hydrogen-bond acceptors (Lipinski definition) is 5. The molecule has 0 bridgehead atoms. The summed E-state index contributed by atoms with van der Waals surface area (Å²) < 4.78 is 0. The number of anilines is 2. The Bertz CT molecular complexity index is 1810. The van der Waals surface area contributed by atoms with Crippen molar-refractivity contribution >= 4 is 44.0 Å². The smallest absolute Gasteiger partial charge is 0.210 e. The standard InChI is InChI=1S/C31H23N5OS/c37-28-12-6-5-11-27(28)34-31-36-35-30(38-31)20-15-13-19(14-16-20)29(23-17-32-25-9-3-1-7-21(23)25)24-18-33-26-10-4-2-8-22(24)26/h1-18,29,32-33,37H,(H,34,36). The van der Waals surface area contributed by atoms with E-state index in [-0.39, 0.29) is 11.7 Å². The van der Waals surface area contributed by atoms with Crippen molar-refractivity contribution in [3.63, 3.8) is 0 Å². The molecule has 184 valence electrons. The summed E-state index contributed by atoms with van der Waals surface area (Å²) in [5.74, 6) is 0.221. The first kappa shape index (κ1) is 22.3. The fourth-order valence-corrected chi connectivity index (χ4v) is 5.86. The highest BCUT2D eigenvalue weighted by Gasteiger charge is 2.23. The van der Waals surface area contributed by atoms with Gasteiger partial charge in [-0.1, -0.05) is 84.1 Å². The van der Waals surface area contributed by atoms with E-state index in [1.807, 2.05) is 6.07 Å². The Hall–Kier alpha value is -4.88. The van der Waals surface area contributed by atoms with Crippen LogP contribution in [0.2, 0.25) is 0 Å². The normalized spacial score (nSPS) is 11.5. The third-order valence-corrected chi connectivity index (χ3v) is 7.81. The van der Waals surface area contributed by atoms with Crippen molar-refractivity contribution in [1.82, 2.24) is 20.2 Å². The molecule has 0 radical (unpaired) electrons. The number of hydrogen-bond donors (Lipinski definition) is 4. The molecular weight excluding hydrogens is 490 g/mol. The van der Waals surface area contributed by atoms with Crippen molar-refractivity contribution in [3.8, 4) is 16.3 Å². The van der Waals surface area contributed by atoms with Crippen LogP contribution in [0, 0.1) is 0 Å². The minimum absolute atomic E-state index is 0.0454. The molecule has 3 aromatic heterocycles. The first-order valence-corrected chi connectivity index (χ1v) is 13.2. The van der Waals surface area contributed by atoms with Gasteiger partial charge in [0.1, 0.15) is 10.8 Å². The quantitative estimate of drug-likeness (QED) is 0.171. The van der Waals surface area contributed by atoms with E-state index >= 15 is 0 Å². The number of benzene rings is 4. The molecule has 6 nitrogen and oxygen atoms in total. The van der Waals surface area contributed by atoms with E-state index in [4.69, 9.17) is 0 Å². The number of phenols is 1. The molecule has 3 heterocycles. The van der Waals surface area contributed by atoms with Crippen LogP contribution < -0.4 is 5.32 Å². The molecule has 0 saturated carbocycles. The molecule has 0 aliphatic rings. The first-order chi connectivity index (χ1) is 18.7. The fourth-order valence-electron chi connectivity index (χ4n) is 5.10. The summed E-state index contributed by atoms with van der Waals surface area (Å²) in [4.78, 5) is 6.92. The van der Waals surface area contributed by atoms with Crippen LogP contribution in [-0.2, 0) is 0 Å². The van der Waals surface area contributed by atoms with Gasteiger partial charge >= 0.3 is 0 Å². The zero-order chi connectivity index (χ0) is 25.5. The molecule has 0 aliphatic carbocycles. The molecule has 0 aliphatic heterocycles. The molecule has 7 rings (SSSR count). The molecule has 0 atom stereocenters. The molecule has 0 amide bonds. The van der Waals surface area contributed by atoms with Gasteiger partial charge < -0.3 is 20.4 Å². The largest absolute Gasteiger partial charge is 0.506 e. The molecule has 38 heavy (non-hydrogen) atoms. The molecule has 4 aromatic carbocycles. The highest BCUT2D eigenvalue weighted by molar-refractivity contribution is 7.18. The van der Waals surface area contributed by atoms with Crippen LogP contribution >= 0.6 is 11.3 Å². The Morgan fingerprint density at radius 1 is 0.684 bits per heavy atom. The van der Waals surface area contributed by atoms with E-state index in [0.717, 1.165) is 21.6 Å². The number of para-hydroxylation sites is 4. The summed E-state index contributed by atoms with van der Waals surface area (Å²) in [5, 5.41) is 25.7. The fraction of sp³-hybridized carbons (Fsp3) is 0.0323. The highest BCUT2D eigenvalue weighted by atomic mass is 32.1. The van der Waals surface area contributed by atoms with Gasteiger partial charge in [-0.25, -0.2) is 0 Å². The summed E-state index contributed by atoms with van der Waals surface area (Å²) in [6.45, 7) is 0. The second kappa shape index (κ2) is 9.21. The number of rotatable bonds is 6. The maximum atomic E-state index is 10.1. The summed E-state index contributed by atoms with van der Waals surface area (Å²) in [5.41, 5.74) is 7.52. The second-order valence-electron chi connectivity index (χ2n) is 9.19. The van der Waals surface area contributed by atoms with Gasteiger partial charge in [0.2, 0.25) is 5.13 Å². The van der Waals surface area contributed by atoms with Crippen molar-refractivity contribution in [2.45, 2.75) is 5.92 Å². The summed E-state index contributed by atoms with van der Waals surface area (Å²) >= 11 is 1.45. The number of aromatic hydroxyl groups is 1. The Morgan fingerprint density at radius 3 is 1.95 bits per heavy atom. The van der Waals surface area contributed by atoms with Gasteiger partial charge in [0, 0.05) is 45.7 Å². The molecule has 0 fully saturated rings. The van der Waals surface area contributed by atoms with Gasteiger partial charge in [0.15, 0.2) is 0 Å². The van der Waals surface area contributed by atoms with E-state index in [1.165, 1.54) is 38.8 Å². The maximum absolute atomic E-state index is 10.1. The van der Waals surface area contributed by atoms with Crippen LogP contribution in [0.3, 0.4) is 0 Å². The summed E-state index contributed by atoms with van der Waals surface area (Å²) in [6.07, 6.45) is 4.26. The monoisotopic (exact) mass is 513 g/mol. The molecule has 4 N–H and O–H groups in total. The van der Waals surface area contributed by atoms with Crippen molar-refractivity contribution in [2.75, 3.05) is 5.32 Å². The zero-order valence-electron chi connectivity index (χ0n) is 20.2. The molecule has 0 spiro atoms. The van der Waals surface area contributed by atoms with Gasteiger partial charge in [-0.05, 0) is 41.0 Å². The number of aromatic nitrogens is 4. The first-order valence-electron chi connectivity index (χ1n) is 12.4. The third-order valence-electron chi connectivity index (χ3n) is 6.93. The number of fused-ring (bicyclic) bond motifs is 2. The van der Waals surface area contributed by atoms with Crippen LogP contribution in [0.1, 0.15) is 22.6 Å². The number of nitrogens with one attached hydrogen (secondary N) is 3. The maximum Gasteiger partial charge on any atom is 0.210 e. The number of phenolic OH excluding ortho intramolecular Hbond substituents is 1. The van der Waals surface area contributed by atoms with Crippen molar-refractivity contribution in [2.24, 2.45) is 0 Å². The predicted octanol–water partition coefficient (Wildman–Crippen LogP) is 7.80. The second-order valence-corrected chi connectivity index (χ2v) is 10.2. The van der Waals surface area contributed by atoms with E-state index in [0.29, 0.717) is 10.8 Å². The summed E-state index contributed by atoms with van der Waals surface area (Å²) in [6, 6.07) is 32.6.